The second-order valence-corrected chi connectivity index (χ2v) is 8.12. The van der Waals surface area contributed by atoms with Crippen molar-refractivity contribution < 1.29 is 13.4 Å². The summed E-state index contributed by atoms with van der Waals surface area (Å²) >= 11 is 0. The van der Waals surface area contributed by atoms with Crippen molar-refractivity contribution in [3.63, 3.8) is 0 Å². The molecule has 1 atom stereocenters. The van der Waals surface area contributed by atoms with Crippen LogP contribution in [0, 0.1) is 13.8 Å². The fourth-order valence-electron chi connectivity index (χ4n) is 3.07. The second-order valence-electron chi connectivity index (χ2n) is 6.67. The molecule has 0 saturated heterocycles. The van der Waals surface area contributed by atoms with Crippen molar-refractivity contribution in [2.45, 2.75) is 51.3 Å². The number of amides is 1. The average molecular weight is 360 g/mol. The highest BCUT2D eigenvalue weighted by Crippen LogP contribution is 2.23. The van der Waals surface area contributed by atoms with Crippen molar-refractivity contribution in [1.29, 1.82) is 0 Å². The Morgan fingerprint density at radius 2 is 1.92 bits per heavy atom. The third-order valence-electron chi connectivity index (χ3n) is 4.50. The maximum Gasteiger partial charge on any atom is 0.232 e. The number of nitrogens with zero attached hydrogens (tertiary/aromatic N) is 1. The molecule has 0 bridgehead atoms. The monoisotopic (exact) mass is 360 g/mol. The highest BCUT2D eigenvalue weighted by molar-refractivity contribution is 7.84. The number of aromatic nitrogens is 1. The third kappa shape index (κ3) is 4.78. The van der Waals surface area contributed by atoms with Crippen molar-refractivity contribution in [2.24, 2.45) is 0 Å². The van der Waals surface area contributed by atoms with Gasteiger partial charge in [-0.1, -0.05) is 30.5 Å². The molecule has 2 aromatic rings. The van der Waals surface area contributed by atoms with Crippen LogP contribution in [0.2, 0.25) is 0 Å². The number of hydrogen-bond donors (Lipinski definition) is 1. The van der Waals surface area contributed by atoms with Gasteiger partial charge < -0.3 is 9.73 Å². The molecule has 1 N–H and O–H groups in total. The summed E-state index contributed by atoms with van der Waals surface area (Å²) in [6.45, 7) is 3.84. The minimum atomic E-state index is -1.29. The molecule has 1 aliphatic carbocycles. The first-order chi connectivity index (χ1) is 12.0. The predicted molar refractivity (Wildman–Crippen MR) is 98.5 cm³/mol. The number of carbonyl (C=O) groups is 1. The zero-order valence-corrected chi connectivity index (χ0v) is 15.5. The Balaban J connectivity index is 1.59. The van der Waals surface area contributed by atoms with E-state index in [-0.39, 0.29) is 23.5 Å². The normalized spacial score (nSPS) is 16.1. The summed E-state index contributed by atoms with van der Waals surface area (Å²) in [7, 11) is -1.29. The molecular formula is C19H24N2O3S. The van der Waals surface area contributed by atoms with Crippen LogP contribution in [-0.2, 0) is 21.3 Å². The molecule has 1 amide bonds. The molecular weight excluding hydrogens is 336 g/mol. The Hall–Kier alpha value is -1.95. The van der Waals surface area contributed by atoms with E-state index in [2.05, 4.69) is 10.3 Å². The molecule has 0 spiro atoms. The van der Waals surface area contributed by atoms with E-state index in [0.29, 0.717) is 17.3 Å². The Morgan fingerprint density at radius 1 is 1.24 bits per heavy atom. The fraction of sp³-hybridized carbons (Fsp3) is 0.474. The Kier molecular flexibility index (Phi) is 5.68. The van der Waals surface area contributed by atoms with Gasteiger partial charge in [0.15, 0.2) is 0 Å². The summed E-state index contributed by atoms with van der Waals surface area (Å²) in [5.41, 5.74) is 2.72. The lowest BCUT2D eigenvalue weighted by atomic mass is 10.1. The smallest absolute Gasteiger partial charge is 0.232 e. The van der Waals surface area contributed by atoms with Crippen LogP contribution in [0.25, 0.3) is 11.5 Å². The van der Waals surface area contributed by atoms with Crippen molar-refractivity contribution >= 4 is 16.7 Å². The Morgan fingerprint density at radius 3 is 2.60 bits per heavy atom. The average Bonchev–Trinajstić information content (AvgIpc) is 3.18. The first-order valence-electron chi connectivity index (χ1n) is 8.69. The standard InChI is InChI=1S/C19H24N2O3S/c1-13-7-9-15(10-8-13)19-21-17(14(2)24-19)11-25(23)12-18(22)20-16-5-3-4-6-16/h7-10,16H,3-6,11-12H2,1-2H3,(H,20,22)/t25-/m0/s1. The van der Waals surface area contributed by atoms with Gasteiger partial charge in [0.1, 0.15) is 11.5 Å². The molecule has 1 heterocycles. The summed E-state index contributed by atoms with van der Waals surface area (Å²) in [6, 6.07) is 8.17. The maximum atomic E-state index is 12.3. The van der Waals surface area contributed by atoms with Gasteiger partial charge in [0.05, 0.1) is 11.4 Å². The fourth-order valence-corrected chi connectivity index (χ4v) is 4.12. The van der Waals surface area contributed by atoms with Gasteiger partial charge in [-0.25, -0.2) is 4.98 Å². The molecule has 6 heteroatoms. The lowest BCUT2D eigenvalue weighted by Crippen LogP contribution is -2.35. The van der Waals surface area contributed by atoms with Crippen LogP contribution in [0.1, 0.15) is 42.7 Å². The lowest BCUT2D eigenvalue weighted by molar-refractivity contribution is -0.119. The Labute approximate surface area is 150 Å². The number of rotatable bonds is 6. The van der Waals surface area contributed by atoms with E-state index in [9.17, 15) is 9.00 Å². The van der Waals surface area contributed by atoms with Gasteiger partial charge in [-0.3, -0.25) is 9.00 Å². The minimum Gasteiger partial charge on any atom is -0.441 e. The van der Waals surface area contributed by atoms with Crippen LogP contribution in [0.15, 0.2) is 28.7 Å². The summed E-state index contributed by atoms with van der Waals surface area (Å²) in [6.07, 6.45) is 4.38. The molecule has 1 saturated carbocycles. The minimum absolute atomic E-state index is 0.0165. The number of nitrogens with one attached hydrogen (secondary N) is 1. The number of aryl methyl sites for hydroxylation is 2. The number of benzene rings is 1. The highest BCUT2D eigenvalue weighted by Gasteiger charge is 2.20. The zero-order chi connectivity index (χ0) is 17.8. The molecule has 1 fully saturated rings. The topological polar surface area (TPSA) is 72.2 Å². The van der Waals surface area contributed by atoms with Gasteiger partial charge in [0.2, 0.25) is 11.8 Å². The van der Waals surface area contributed by atoms with Gasteiger partial charge in [-0.2, -0.15) is 0 Å². The quantitative estimate of drug-likeness (QED) is 0.858. The molecule has 3 rings (SSSR count). The molecule has 0 unspecified atom stereocenters. The largest absolute Gasteiger partial charge is 0.441 e. The van der Waals surface area contributed by atoms with E-state index in [1.807, 2.05) is 38.1 Å². The van der Waals surface area contributed by atoms with E-state index in [1.54, 1.807) is 0 Å². The van der Waals surface area contributed by atoms with Crippen molar-refractivity contribution in [3.8, 4) is 11.5 Å². The van der Waals surface area contributed by atoms with Gasteiger partial charge in [0, 0.05) is 22.4 Å². The van der Waals surface area contributed by atoms with Crippen LogP contribution >= 0.6 is 0 Å². The summed E-state index contributed by atoms with van der Waals surface area (Å²) in [4.78, 5) is 16.5. The van der Waals surface area contributed by atoms with Crippen molar-refractivity contribution in [2.75, 3.05) is 5.75 Å². The summed E-state index contributed by atoms with van der Waals surface area (Å²) in [5.74, 6) is 1.30. The zero-order valence-electron chi connectivity index (χ0n) is 14.7. The van der Waals surface area contributed by atoms with E-state index >= 15 is 0 Å². The van der Waals surface area contributed by atoms with Crippen LogP contribution in [0.5, 0.6) is 0 Å². The van der Waals surface area contributed by atoms with Crippen molar-refractivity contribution in [1.82, 2.24) is 10.3 Å². The lowest BCUT2D eigenvalue weighted by Gasteiger charge is -2.11. The second kappa shape index (κ2) is 7.95. The van der Waals surface area contributed by atoms with Gasteiger partial charge in [-0.15, -0.1) is 0 Å². The summed E-state index contributed by atoms with van der Waals surface area (Å²) < 4.78 is 18.0. The van der Waals surface area contributed by atoms with Gasteiger partial charge >= 0.3 is 0 Å². The van der Waals surface area contributed by atoms with E-state index in [0.717, 1.165) is 31.2 Å². The first-order valence-corrected chi connectivity index (χ1v) is 10.2. The maximum absolute atomic E-state index is 12.3. The molecule has 1 aromatic carbocycles. The molecule has 25 heavy (non-hydrogen) atoms. The van der Waals surface area contributed by atoms with E-state index in [1.165, 1.54) is 5.56 Å². The van der Waals surface area contributed by atoms with Crippen LogP contribution in [0.4, 0.5) is 0 Å². The number of carbonyl (C=O) groups excluding carboxylic acids is 1. The van der Waals surface area contributed by atoms with Crippen LogP contribution in [0.3, 0.4) is 0 Å². The molecule has 1 aromatic heterocycles. The Bertz CT molecular complexity index is 761. The van der Waals surface area contributed by atoms with Gasteiger partial charge in [-0.05, 0) is 38.8 Å². The van der Waals surface area contributed by atoms with Crippen LogP contribution < -0.4 is 5.32 Å². The highest BCUT2D eigenvalue weighted by atomic mass is 32.2. The number of oxazole rings is 1. The number of hydrogen-bond acceptors (Lipinski definition) is 4. The predicted octanol–water partition coefficient (Wildman–Crippen LogP) is 3.27. The molecule has 1 aliphatic rings. The molecule has 5 nitrogen and oxygen atoms in total. The SMILES string of the molecule is Cc1ccc(-c2nc(C[S@](=O)CC(=O)NC3CCCC3)c(C)o2)cc1. The molecule has 0 radical (unpaired) electrons. The van der Waals surface area contributed by atoms with E-state index < -0.39 is 10.8 Å². The molecule has 134 valence electrons. The van der Waals surface area contributed by atoms with Crippen molar-refractivity contribution in [3.05, 3.63) is 41.3 Å². The van der Waals surface area contributed by atoms with E-state index in [4.69, 9.17) is 4.42 Å². The summed E-state index contributed by atoms with van der Waals surface area (Å²) in [5, 5.41) is 2.97. The van der Waals surface area contributed by atoms with Gasteiger partial charge in [0.25, 0.3) is 0 Å². The first kappa shape index (κ1) is 17.9. The third-order valence-corrected chi connectivity index (χ3v) is 5.68. The van der Waals surface area contributed by atoms with Crippen LogP contribution in [-0.4, -0.2) is 26.9 Å². The molecule has 0 aliphatic heterocycles.